The highest BCUT2D eigenvalue weighted by Gasteiger charge is 2.20. The van der Waals surface area contributed by atoms with Crippen LogP contribution in [0.5, 0.6) is 11.5 Å². The fourth-order valence-corrected chi connectivity index (χ4v) is 3.34. The minimum absolute atomic E-state index is 0.274. The number of rotatable bonds is 9. The van der Waals surface area contributed by atoms with Crippen molar-refractivity contribution in [3.63, 3.8) is 0 Å². The molecule has 154 valence electrons. The predicted molar refractivity (Wildman–Crippen MR) is 119 cm³/mol. The Bertz CT molecular complexity index is 993. The zero-order valence-electron chi connectivity index (χ0n) is 16.5. The van der Waals surface area contributed by atoms with E-state index in [0.29, 0.717) is 30.3 Å². The largest absolute Gasteiger partial charge is 0.485 e. The molecule has 3 aromatic rings. The van der Waals surface area contributed by atoms with Crippen molar-refractivity contribution < 1.29 is 19.1 Å². The Labute approximate surface area is 184 Å². The number of halogens is 1. The van der Waals surface area contributed by atoms with E-state index in [9.17, 15) is 9.59 Å². The Kier molecular flexibility index (Phi) is 7.63. The molecule has 0 aliphatic rings. The SMILES string of the molecule is CC(=O)NC(Br)C(=O)c1ccc(OCc2ccccc2)c(OCc2ccccc2)c1. The second-order valence-electron chi connectivity index (χ2n) is 6.64. The lowest BCUT2D eigenvalue weighted by Gasteiger charge is -2.15. The molecule has 3 aromatic carbocycles. The number of ether oxygens (including phenoxy) is 2. The van der Waals surface area contributed by atoms with Gasteiger partial charge in [0.1, 0.15) is 18.2 Å². The van der Waals surface area contributed by atoms with Gasteiger partial charge in [-0.1, -0.05) is 76.6 Å². The van der Waals surface area contributed by atoms with Crippen LogP contribution >= 0.6 is 15.9 Å². The van der Waals surface area contributed by atoms with Crippen LogP contribution in [-0.2, 0) is 18.0 Å². The van der Waals surface area contributed by atoms with Crippen molar-refractivity contribution in [1.29, 1.82) is 0 Å². The number of nitrogens with one attached hydrogen (secondary N) is 1. The first-order chi connectivity index (χ1) is 14.5. The molecule has 0 aromatic heterocycles. The van der Waals surface area contributed by atoms with Crippen LogP contribution in [0.25, 0.3) is 0 Å². The lowest BCUT2D eigenvalue weighted by atomic mass is 10.1. The van der Waals surface area contributed by atoms with Crippen molar-refractivity contribution in [1.82, 2.24) is 5.32 Å². The number of hydrogen-bond acceptors (Lipinski definition) is 4. The van der Waals surface area contributed by atoms with E-state index in [1.807, 2.05) is 60.7 Å². The van der Waals surface area contributed by atoms with Crippen LogP contribution in [-0.4, -0.2) is 16.6 Å². The van der Waals surface area contributed by atoms with E-state index in [2.05, 4.69) is 21.2 Å². The molecule has 0 radical (unpaired) electrons. The van der Waals surface area contributed by atoms with Crippen LogP contribution in [0.4, 0.5) is 0 Å². The standard InChI is InChI=1S/C24H22BrNO4/c1-17(27)26-24(25)23(28)20-12-13-21(29-15-18-8-4-2-5-9-18)22(14-20)30-16-19-10-6-3-7-11-19/h2-14,24H,15-16H2,1H3,(H,26,27). The molecule has 0 saturated heterocycles. The molecule has 3 rings (SSSR count). The van der Waals surface area contributed by atoms with Crippen LogP contribution in [0.3, 0.4) is 0 Å². The van der Waals surface area contributed by atoms with E-state index in [1.165, 1.54) is 6.92 Å². The highest BCUT2D eigenvalue weighted by molar-refractivity contribution is 9.10. The Morgan fingerprint density at radius 1 is 0.833 bits per heavy atom. The van der Waals surface area contributed by atoms with Crippen LogP contribution in [0.1, 0.15) is 28.4 Å². The van der Waals surface area contributed by atoms with Crippen molar-refractivity contribution in [2.75, 3.05) is 0 Å². The second kappa shape index (κ2) is 10.6. The van der Waals surface area contributed by atoms with Gasteiger partial charge in [-0.05, 0) is 29.3 Å². The molecule has 1 amide bonds. The number of amides is 1. The van der Waals surface area contributed by atoms with Gasteiger partial charge in [-0.25, -0.2) is 0 Å². The van der Waals surface area contributed by atoms with Crippen molar-refractivity contribution in [3.8, 4) is 11.5 Å². The van der Waals surface area contributed by atoms with Crippen molar-refractivity contribution in [2.24, 2.45) is 0 Å². The quantitative estimate of drug-likeness (QED) is 0.276. The molecular weight excluding hydrogens is 446 g/mol. The van der Waals surface area contributed by atoms with E-state index in [0.717, 1.165) is 11.1 Å². The van der Waals surface area contributed by atoms with Gasteiger partial charge in [0.2, 0.25) is 5.91 Å². The van der Waals surface area contributed by atoms with E-state index in [4.69, 9.17) is 9.47 Å². The van der Waals surface area contributed by atoms with Crippen molar-refractivity contribution in [2.45, 2.75) is 25.1 Å². The molecule has 0 aliphatic heterocycles. The van der Waals surface area contributed by atoms with Gasteiger partial charge in [0.05, 0.1) is 0 Å². The Morgan fingerprint density at radius 3 is 1.90 bits per heavy atom. The zero-order chi connectivity index (χ0) is 21.3. The Balaban J connectivity index is 1.81. The van der Waals surface area contributed by atoms with Crippen LogP contribution in [0.15, 0.2) is 78.9 Å². The normalized spacial score (nSPS) is 11.4. The minimum Gasteiger partial charge on any atom is -0.485 e. The van der Waals surface area contributed by atoms with Gasteiger partial charge in [-0.2, -0.15) is 0 Å². The lowest BCUT2D eigenvalue weighted by molar-refractivity contribution is -0.118. The average Bonchev–Trinajstić information content (AvgIpc) is 2.77. The molecule has 1 atom stereocenters. The summed E-state index contributed by atoms with van der Waals surface area (Å²) in [6, 6.07) is 24.6. The van der Waals surface area contributed by atoms with Crippen LogP contribution in [0.2, 0.25) is 0 Å². The Hall–Kier alpha value is -3.12. The van der Waals surface area contributed by atoms with Crippen molar-refractivity contribution >= 4 is 27.6 Å². The molecule has 0 spiro atoms. The molecule has 30 heavy (non-hydrogen) atoms. The number of Topliss-reactive ketones (excluding diaryl/α,β-unsaturated/α-hetero) is 1. The van der Waals surface area contributed by atoms with Crippen LogP contribution < -0.4 is 14.8 Å². The number of carbonyl (C=O) groups excluding carboxylic acids is 2. The first-order valence-electron chi connectivity index (χ1n) is 9.46. The molecule has 5 nitrogen and oxygen atoms in total. The maximum Gasteiger partial charge on any atom is 0.218 e. The minimum atomic E-state index is -0.812. The summed E-state index contributed by atoms with van der Waals surface area (Å²) >= 11 is 3.21. The monoisotopic (exact) mass is 467 g/mol. The summed E-state index contributed by atoms with van der Waals surface area (Å²) in [5, 5.41) is 2.54. The molecule has 0 saturated carbocycles. The smallest absolute Gasteiger partial charge is 0.218 e. The first kappa shape index (κ1) is 21.6. The maximum absolute atomic E-state index is 12.6. The number of benzene rings is 3. The zero-order valence-corrected chi connectivity index (χ0v) is 18.1. The van der Waals surface area contributed by atoms with Gasteiger partial charge in [-0.15, -0.1) is 0 Å². The van der Waals surface area contributed by atoms with Gasteiger partial charge < -0.3 is 14.8 Å². The number of hydrogen-bond donors (Lipinski definition) is 1. The highest BCUT2D eigenvalue weighted by Crippen LogP contribution is 2.31. The van der Waals surface area contributed by atoms with Gasteiger partial charge in [0.25, 0.3) is 0 Å². The average molecular weight is 468 g/mol. The summed E-state index contributed by atoms with van der Waals surface area (Å²) in [4.78, 5) is 23.1. The third kappa shape index (κ3) is 6.19. The van der Waals surface area contributed by atoms with Gasteiger partial charge in [0, 0.05) is 12.5 Å². The summed E-state index contributed by atoms with van der Waals surface area (Å²) in [6.07, 6.45) is 0. The summed E-state index contributed by atoms with van der Waals surface area (Å²) in [5.74, 6) is 0.429. The third-order valence-corrected chi connectivity index (χ3v) is 4.91. The molecule has 0 aliphatic carbocycles. The van der Waals surface area contributed by atoms with Gasteiger partial charge in [-0.3, -0.25) is 9.59 Å². The second-order valence-corrected chi connectivity index (χ2v) is 7.55. The number of alkyl halides is 1. The molecule has 0 bridgehead atoms. The maximum atomic E-state index is 12.6. The van der Waals surface area contributed by atoms with Gasteiger partial charge in [0.15, 0.2) is 17.3 Å². The number of ketones is 1. The van der Waals surface area contributed by atoms with E-state index in [-0.39, 0.29) is 11.7 Å². The van der Waals surface area contributed by atoms with E-state index < -0.39 is 4.95 Å². The van der Waals surface area contributed by atoms with E-state index >= 15 is 0 Å². The predicted octanol–water partition coefficient (Wildman–Crippen LogP) is 4.88. The van der Waals surface area contributed by atoms with Crippen molar-refractivity contribution in [3.05, 3.63) is 95.6 Å². The topological polar surface area (TPSA) is 64.6 Å². The fraction of sp³-hybridized carbons (Fsp3) is 0.167. The fourth-order valence-electron chi connectivity index (χ4n) is 2.75. The van der Waals surface area contributed by atoms with E-state index in [1.54, 1.807) is 18.2 Å². The van der Waals surface area contributed by atoms with Gasteiger partial charge >= 0.3 is 0 Å². The lowest BCUT2D eigenvalue weighted by Crippen LogP contribution is -2.34. The van der Waals surface area contributed by atoms with Crippen LogP contribution in [0, 0.1) is 0 Å². The molecule has 1 unspecified atom stereocenters. The first-order valence-corrected chi connectivity index (χ1v) is 10.4. The molecule has 6 heteroatoms. The summed E-state index contributed by atoms with van der Waals surface area (Å²) in [6.45, 7) is 2.07. The third-order valence-electron chi connectivity index (χ3n) is 4.26. The highest BCUT2D eigenvalue weighted by atomic mass is 79.9. The molecule has 0 heterocycles. The summed E-state index contributed by atoms with van der Waals surface area (Å²) in [7, 11) is 0. The molecular formula is C24H22BrNO4. The molecule has 0 fully saturated rings. The number of carbonyl (C=O) groups is 2. The Morgan fingerprint density at radius 2 is 1.37 bits per heavy atom. The summed E-state index contributed by atoms with van der Waals surface area (Å²) in [5.41, 5.74) is 2.43. The summed E-state index contributed by atoms with van der Waals surface area (Å²) < 4.78 is 11.9. The molecule has 1 N–H and O–H groups in total.